The highest BCUT2D eigenvalue weighted by atomic mass is 16.5. The number of ether oxygens (including phenoxy) is 1. The quantitative estimate of drug-likeness (QED) is 0.0385. The molecule has 1 amide bonds. The zero-order valence-electron chi connectivity index (χ0n) is 32.0. The van der Waals surface area contributed by atoms with Gasteiger partial charge in [0.25, 0.3) is 0 Å². The van der Waals surface area contributed by atoms with Gasteiger partial charge in [0, 0.05) is 12.8 Å². The third-order valence-corrected chi connectivity index (χ3v) is 9.08. The summed E-state index contributed by atoms with van der Waals surface area (Å²) in [6, 6.07) is 0. The second kappa shape index (κ2) is 38.4. The van der Waals surface area contributed by atoms with Crippen molar-refractivity contribution in [2.75, 3.05) is 6.54 Å². The van der Waals surface area contributed by atoms with E-state index in [4.69, 9.17) is 9.84 Å². The molecular weight excluding hydrogens is 610 g/mol. The van der Waals surface area contributed by atoms with Crippen molar-refractivity contribution in [2.45, 2.75) is 213 Å². The molecule has 2 N–H and O–H groups in total. The first-order valence-electron chi connectivity index (χ1n) is 20.6. The number of carboxylic acid groups (broad SMARTS) is 1. The van der Waals surface area contributed by atoms with E-state index in [1.807, 2.05) is 0 Å². The Morgan fingerprint density at radius 1 is 0.551 bits per heavy atom. The van der Waals surface area contributed by atoms with Crippen LogP contribution in [-0.2, 0) is 19.1 Å². The first-order valence-corrected chi connectivity index (χ1v) is 20.6. The smallest absolute Gasteiger partial charge is 0.322 e. The molecule has 0 saturated heterocycles. The van der Waals surface area contributed by atoms with Crippen molar-refractivity contribution in [1.82, 2.24) is 5.32 Å². The fourth-order valence-electron chi connectivity index (χ4n) is 6.06. The molecule has 1 unspecified atom stereocenters. The highest BCUT2D eigenvalue weighted by Gasteiger charge is 2.14. The van der Waals surface area contributed by atoms with Crippen LogP contribution in [0.2, 0.25) is 0 Å². The summed E-state index contributed by atoms with van der Waals surface area (Å²) in [5, 5.41) is 11.1. The standard InChI is InChI=1S/C43H77NO5/c1-3-5-7-9-11-13-15-17-19-20-22-24-27-31-35-40(36-32-28-26-29-33-37-41(45)44-39-42(46)47)49-43(48)38-34-30-25-23-21-18-16-14-12-10-8-6-4-2/h6,8,12,14,18,21,40H,3-5,7,9-11,13,15-17,19-20,22-39H2,1-2H3,(H,44,45)(H,46,47)/b8-6-,14-12-,21-18-. The average Bonchev–Trinajstić information content (AvgIpc) is 3.08. The summed E-state index contributed by atoms with van der Waals surface area (Å²) in [5.41, 5.74) is 0. The van der Waals surface area contributed by atoms with Gasteiger partial charge in [-0.05, 0) is 70.6 Å². The Kier molecular flexibility index (Phi) is 36.6. The summed E-state index contributed by atoms with van der Waals surface area (Å²) < 4.78 is 6.01. The van der Waals surface area contributed by atoms with E-state index in [1.165, 1.54) is 83.5 Å². The Morgan fingerprint density at radius 2 is 1.00 bits per heavy atom. The maximum Gasteiger partial charge on any atom is 0.322 e. The molecule has 284 valence electrons. The minimum absolute atomic E-state index is 0.0140. The van der Waals surface area contributed by atoms with Crippen LogP contribution in [0.1, 0.15) is 206 Å². The first kappa shape index (κ1) is 46.6. The molecule has 0 spiro atoms. The molecular formula is C43H77NO5. The molecule has 0 heterocycles. The summed E-state index contributed by atoms with van der Waals surface area (Å²) in [7, 11) is 0. The van der Waals surface area contributed by atoms with Crippen molar-refractivity contribution in [2.24, 2.45) is 0 Å². The number of esters is 1. The van der Waals surface area contributed by atoms with Crippen LogP contribution in [0.25, 0.3) is 0 Å². The molecule has 0 aromatic rings. The lowest BCUT2D eigenvalue weighted by molar-refractivity contribution is -0.150. The predicted molar refractivity (Wildman–Crippen MR) is 208 cm³/mol. The number of aliphatic carboxylic acids is 1. The Labute approximate surface area is 302 Å². The van der Waals surface area contributed by atoms with Crippen molar-refractivity contribution in [1.29, 1.82) is 0 Å². The van der Waals surface area contributed by atoms with Crippen LogP contribution < -0.4 is 5.32 Å². The van der Waals surface area contributed by atoms with Gasteiger partial charge in [-0.1, -0.05) is 159 Å². The monoisotopic (exact) mass is 688 g/mol. The Morgan fingerprint density at radius 3 is 1.53 bits per heavy atom. The van der Waals surface area contributed by atoms with Gasteiger partial charge in [-0.2, -0.15) is 0 Å². The summed E-state index contributed by atoms with van der Waals surface area (Å²) in [5.74, 6) is -1.26. The van der Waals surface area contributed by atoms with Crippen molar-refractivity contribution in [3.8, 4) is 0 Å². The van der Waals surface area contributed by atoms with Gasteiger partial charge in [-0.25, -0.2) is 0 Å². The molecule has 0 saturated carbocycles. The second-order valence-electron chi connectivity index (χ2n) is 13.9. The fourth-order valence-corrected chi connectivity index (χ4v) is 6.06. The van der Waals surface area contributed by atoms with Crippen LogP contribution in [0.4, 0.5) is 0 Å². The van der Waals surface area contributed by atoms with Gasteiger partial charge in [-0.3, -0.25) is 14.4 Å². The van der Waals surface area contributed by atoms with Crippen LogP contribution in [0.15, 0.2) is 36.5 Å². The molecule has 6 nitrogen and oxygen atoms in total. The number of rotatable bonds is 37. The molecule has 0 bridgehead atoms. The molecule has 0 aromatic heterocycles. The van der Waals surface area contributed by atoms with Gasteiger partial charge < -0.3 is 15.2 Å². The topological polar surface area (TPSA) is 92.7 Å². The number of nitrogens with one attached hydrogen (secondary N) is 1. The van der Waals surface area contributed by atoms with E-state index in [0.717, 1.165) is 96.3 Å². The predicted octanol–water partition coefficient (Wildman–Crippen LogP) is 12.5. The van der Waals surface area contributed by atoms with E-state index >= 15 is 0 Å². The van der Waals surface area contributed by atoms with Crippen LogP contribution in [-0.4, -0.2) is 35.6 Å². The summed E-state index contributed by atoms with van der Waals surface area (Å²) in [4.78, 5) is 35.0. The van der Waals surface area contributed by atoms with Crippen molar-refractivity contribution in [3.05, 3.63) is 36.5 Å². The maximum absolute atomic E-state index is 12.7. The number of carbonyl (C=O) groups is 3. The van der Waals surface area contributed by atoms with Gasteiger partial charge >= 0.3 is 11.9 Å². The molecule has 0 fully saturated rings. The highest BCUT2D eigenvalue weighted by molar-refractivity contribution is 5.80. The molecule has 0 rings (SSSR count). The summed E-state index contributed by atoms with van der Waals surface area (Å²) >= 11 is 0. The molecule has 0 aliphatic carbocycles. The van der Waals surface area contributed by atoms with Crippen LogP contribution in [0.3, 0.4) is 0 Å². The van der Waals surface area contributed by atoms with Gasteiger partial charge in [0.05, 0.1) is 0 Å². The van der Waals surface area contributed by atoms with Gasteiger partial charge in [0.1, 0.15) is 12.6 Å². The Balaban J connectivity index is 4.22. The van der Waals surface area contributed by atoms with Crippen LogP contribution >= 0.6 is 0 Å². The lowest BCUT2D eigenvalue weighted by atomic mass is 10.0. The molecule has 49 heavy (non-hydrogen) atoms. The largest absolute Gasteiger partial charge is 0.480 e. The Bertz CT molecular complexity index is 849. The molecule has 6 heteroatoms. The number of carboxylic acids is 1. The number of hydrogen-bond donors (Lipinski definition) is 2. The van der Waals surface area contributed by atoms with E-state index in [0.29, 0.717) is 12.8 Å². The molecule has 0 radical (unpaired) electrons. The average molecular weight is 688 g/mol. The van der Waals surface area contributed by atoms with Crippen molar-refractivity contribution >= 4 is 17.8 Å². The second-order valence-corrected chi connectivity index (χ2v) is 13.9. The summed E-state index contributed by atoms with van der Waals surface area (Å²) in [6.45, 7) is 4.11. The third kappa shape index (κ3) is 38.3. The number of amides is 1. The number of carbonyl (C=O) groups excluding carboxylic acids is 2. The molecule has 1 atom stereocenters. The van der Waals surface area contributed by atoms with E-state index in [1.54, 1.807) is 0 Å². The van der Waals surface area contributed by atoms with Gasteiger partial charge in [0.2, 0.25) is 5.91 Å². The summed E-state index contributed by atoms with van der Waals surface area (Å²) in [6.07, 6.45) is 46.9. The minimum atomic E-state index is -1.02. The lowest BCUT2D eigenvalue weighted by Gasteiger charge is -2.18. The highest BCUT2D eigenvalue weighted by Crippen LogP contribution is 2.19. The van der Waals surface area contributed by atoms with Gasteiger partial charge in [-0.15, -0.1) is 0 Å². The first-order chi connectivity index (χ1) is 24.0. The van der Waals surface area contributed by atoms with E-state index in [-0.39, 0.29) is 24.5 Å². The lowest BCUT2D eigenvalue weighted by Crippen LogP contribution is -2.28. The van der Waals surface area contributed by atoms with Crippen molar-refractivity contribution in [3.63, 3.8) is 0 Å². The van der Waals surface area contributed by atoms with Crippen molar-refractivity contribution < 1.29 is 24.2 Å². The third-order valence-electron chi connectivity index (χ3n) is 9.08. The van der Waals surface area contributed by atoms with E-state index < -0.39 is 5.97 Å². The Hall–Kier alpha value is -2.37. The van der Waals surface area contributed by atoms with Crippen LogP contribution in [0, 0.1) is 0 Å². The van der Waals surface area contributed by atoms with E-state index in [9.17, 15) is 14.4 Å². The normalized spacial score (nSPS) is 12.4. The molecule has 0 aliphatic rings. The maximum atomic E-state index is 12.7. The van der Waals surface area contributed by atoms with Gasteiger partial charge in [0.15, 0.2) is 0 Å². The number of allylic oxidation sites excluding steroid dienone is 6. The number of unbranched alkanes of at least 4 members (excludes halogenated alkanes) is 20. The number of hydrogen-bond acceptors (Lipinski definition) is 4. The van der Waals surface area contributed by atoms with Crippen LogP contribution in [0.5, 0.6) is 0 Å². The zero-order valence-corrected chi connectivity index (χ0v) is 32.0. The SMILES string of the molecule is CC/C=C\C/C=C\C/C=C\CCCCCC(=O)OC(CCCCCCCCCCCCCCCC)CCCCCCCC(=O)NCC(=O)O. The minimum Gasteiger partial charge on any atom is -0.480 e. The van der Waals surface area contributed by atoms with E-state index in [2.05, 4.69) is 55.6 Å². The fraction of sp³-hybridized carbons (Fsp3) is 0.791. The zero-order chi connectivity index (χ0) is 35.9. The molecule has 0 aromatic carbocycles. The molecule has 0 aliphatic heterocycles.